The van der Waals surface area contributed by atoms with Gasteiger partial charge in [0, 0.05) is 19.6 Å². The quantitative estimate of drug-likeness (QED) is 0.413. The molecule has 133 valence electrons. The Hall–Kier alpha value is -1.49. The van der Waals surface area contributed by atoms with E-state index in [1.807, 2.05) is 0 Å². The van der Waals surface area contributed by atoms with E-state index in [0.717, 1.165) is 5.75 Å². The van der Waals surface area contributed by atoms with Gasteiger partial charge < -0.3 is 4.74 Å². The van der Waals surface area contributed by atoms with E-state index in [0.29, 0.717) is 0 Å². The Morgan fingerprint density at radius 3 is 1.92 bits per heavy atom. The lowest BCUT2D eigenvalue weighted by atomic mass is 10.2. The van der Waals surface area contributed by atoms with Gasteiger partial charge in [-0.05, 0) is 68.7 Å². The molecule has 0 bridgehead atoms. The van der Waals surface area contributed by atoms with E-state index >= 15 is 0 Å². The number of hydrogen-bond acceptors (Lipinski definition) is 1. The van der Waals surface area contributed by atoms with Crippen molar-refractivity contribution in [2.75, 3.05) is 7.11 Å². The summed E-state index contributed by atoms with van der Waals surface area (Å²) < 4.78 is 5.71. The molecule has 0 saturated carbocycles. The van der Waals surface area contributed by atoms with Crippen molar-refractivity contribution >= 4 is 34.5 Å². The fourth-order valence-corrected chi connectivity index (χ4v) is 10.6. The molecule has 2 aromatic carbocycles. The number of ether oxygens (including phenoxy) is 1. The Balaban J connectivity index is 0.00000243. The summed E-state index contributed by atoms with van der Waals surface area (Å²) in [5.74, 6) is 2.23. The maximum Gasteiger partial charge on any atom is 0.126 e. The number of hydrogen-bond donors (Lipinski definition) is 0. The lowest BCUT2D eigenvalue weighted by Crippen LogP contribution is -2.14. The number of rotatable bonds is 5. The van der Waals surface area contributed by atoms with Crippen molar-refractivity contribution in [3.05, 3.63) is 76.3 Å². The van der Waals surface area contributed by atoms with Crippen molar-refractivity contribution in [2.45, 2.75) is 33.6 Å². The van der Waals surface area contributed by atoms with Crippen molar-refractivity contribution in [3.8, 4) is 5.75 Å². The van der Waals surface area contributed by atoms with Gasteiger partial charge in [-0.3, -0.25) is 0 Å². The standard InChI is InChI=1S/C22H26OP2.B/c1-16-17(2)19(4)24(18(16)3)15-25(20-11-7-6-8-12-20)22-14-10-9-13-21(22)23-5;/h6-14H,15H2,1-5H3;. The second-order valence-electron chi connectivity index (χ2n) is 6.43. The molecule has 1 nitrogen and oxygen atoms in total. The van der Waals surface area contributed by atoms with Gasteiger partial charge >= 0.3 is 0 Å². The highest BCUT2D eigenvalue weighted by Crippen LogP contribution is 2.55. The van der Waals surface area contributed by atoms with Crippen LogP contribution < -0.4 is 15.3 Å². The topological polar surface area (TPSA) is 9.23 Å². The minimum atomic E-state index is -0.444. The van der Waals surface area contributed by atoms with Gasteiger partial charge in [-0.1, -0.05) is 48.5 Å². The van der Waals surface area contributed by atoms with Crippen LogP contribution in [0.15, 0.2) is 54.6 Å². The lowest BCUT2D eigenvalue weighted by Gasteiger charge is -2.22. The summed E-state index contributed by atoms with van der Waals surface area (Å²) in [6, 6.07) is 19.5. The fraction of sp³-hybridized carbons (Fsp3) is 0.273. The molecule has 0 saturated heterocycles. The molecule has 3 radical (unpaired) electrons. The molecule has 0 aliphatic heterocycles. The third kappa shape index (κ3) is 3.93. The second kappa shape index (κ2) is 8.94. The summed E-state index contributed by atoms with van der Waals surface area (Å²) in [6.45, 7) is 9.23. The summed E-state index contributed by atoms with van der Waals surface area (Å²) >= 11 is 0. The maximum atomic E-state index is 5.71. The molecular weight excluding hydrogens is 353 g/mol. The predicted octanol–water partition coefficient (Wildman–Crippen LogP) is 5.63. The van der Waals surface area contributed by atoms with E-state index in [1.165, 1.54) is 27.6 Å². The van der Waals surface area contributed by atoms with Gasteiger partial charge in [0.1, 0.15) is 5.75 Å². The molecule has 0 N–H and O–H groups in total. The molecule has 0 aliphatic rings. The molecule has 0 spiro atoms. The summed E-state index contributed by atoms with van der Waals surface area (Å²) in [5, 5.41) is 6.00. The molecule has 26 heavy (non-hydrogen) atoms. The Morgan fingerprint density at radius 2 is 1.35 bits per heavy atom. The zero-order valence-electron chi connectivity index (χ0n) is 16.3. The first-order valence-corrected chi connectivity index (χ1v) is 11.7. The minimum Gasteiger partial charge on any atom is -0.496 e. The van der Waals surface area contributed by atoms with Crippen LogP contribution in [0.3, 0.4) is 0 Å². The first kappa shape index (κ1) is 20.8. The lowest BCUT2D eigenvalue weighted by molar-refractivity contribution is 0.418. The molecule has 1 heterocycles. The third-order valence-corrected chi connectivity index (χ3v) is 11.6. The van der Waals surface area contributed by atoms with Crippen molar-refractivity contribution < 1.29 is 4.74 Å². The summed E-state index contributed by atoms with van der Waals surface area (Å²) in [6.07, 6.45) is 0. The summed E-state index contributed by atoms with van der Waals surface area (Å²) in [7, 11) is 1.12. The van der Waals surface area contributed by atoms with E-state index in [1.54, 1.807) is 17.7 Å². The van der Waals surface area contributed by atoms with Crippen molar-refractivity contribution in [1.29, 1.82) is 0 Å². The SMILES string of the molecule is COc1ccccc1P(Cp1c(C)c(C)c(C)c1C)c1ccccc1.[B]. The summed E-state index contributed by atoms with van der Waals surface area (Å²) in [5.41, 5.74) is 3.01. The van der Waals surface area contributed by atoms with Crippen molar-refractivity contribution in [3.63, 3.8) is 0 Å². The Morgan fingerprint density at radius 1 is 0.808 bits per heavy atom. The highest BCUT2D eigenvalue weighted by atomic mass is 31.2. The Kier molecular flexibility index (Phi) is 7.16. The van der Waals surface area contributed by atoms with Gasteiger partial charge in [0.15, 0.2) is 0 Å². The number of para-hydroxylation sites is 1. The smallest absolute Gasteiger partial charge is 0.126 e. The van der Waals surface area contributed by atoms with E-state index in [-0.39, 0.29) is 15.9 Å². The minimum absolute atomic E-state index is 0. The van der Waals surface area contributed by atoms with Crippen molar-refractivity contribution in [1.82, 2.24) is 0 Å². The second-order valence-corrected chi connectivity index (χ2v) is 11.6. The highest BCUT2D eigenvalue weighted by molar-refractivity contribution is 7.80. The van der Waals surface area contributed by atoms with Crippen LogP contribution >= 0.6 is 15.5 Å². The first-order valence-electron chi connectivity index (χ1n) is 8.63. The van der Waals surface area contributed by atoms with Gasteiger partial charge in [-0.25, -0.2) is 0 Å². The normalized spacial score (nSPS) is 11.7. The average Bonchev–Trinajstić information content (AvgIpc) is 2.84. The molecule has 0 aliphatic carbocycles. The molecule has 1 aromatic heterocycles. The predicted molar refractivity (Wildman–Crippen MR) is 119 cm³/mol. The highest BCUT2D eigenvalue weighted by Gasteiger charge is 2.22. The number of methoxy groups -OCH3 is 1. The number of benzene rings is 2. The van der Waals surface area contributed by atoms with Crippen LogP contribution in [0.25, 0.3) is 0 Å². The molecule has 1 atom stereocenters. The Bertz CT molecular complexity index is 846. The van der Waals surface area contributed by atoms with Gasteiger partial charge in [0.05, 0.1) is 7.11 Å². The summed E-state index contributed by atoms with van der Waals surface area (Å²) in [4.78, 5) is 0. The van der Waals surface area contributed by atoms with Gasteiger partial charge in [0.2, 0.25) is 0 Å². The zero-order valence-corrected chi connectivity index (χ0v) is 18.1. The van der Waals surface area contributed by atoms with Crippen LogP contribution in [0.1, 0.15) is 21.7 Å². The average molecular weight is 379 g/mol. The third-order valence-electron chi connectivity index (χ3n) is 5.18. The Labute approximate surface area is 162 Å². The molecular formula is C22H26BOP2. The molecule has 1 unspecified atom stereocenters. The monoisotopic (exact) mass is 379 g/mol. The van der Waals surface area contributed by atoms with Crippen LogP contribution in [0, 0.1) is 27.7 Å². The zero-order chi connectivity index (χ0) is 18.0. The fourth-order valence-electron chi connectivity index (χ4n) is 3.31. The molecule has 4 heteroatoms. The van der Waals surface area contributed by atoms with Gasteiger partial charge in [-0.2, -0.15) is 0 Å². The van der Waals surface area contributed by atoms with Crippen LogP contribution in [0.4, 0.5) is 0 Å². The largest absolute Gasteiger partial charge is 0.496 e. The van der Waals surface area contributed by atoms with E-state index in [2.05, 4.69) is 82.3 Å². The molecule has 3 rings (SSSR count). The van der Waals surface area contributed by atoms with Crippen molar-refractivity contribution in [2.24, 2.45) is 0 Å². The first-order chi connectivity index (χ1) is 12.0. The maximum absolute atomic E-state index is 5.71. The van der Waals surface area contributed by atoms with E-state index < -0.39 is 7.92 Å². The molecule has 0 amide bonds. The van der Waals surface area contributed by atoms with Gasteiger partial charge in [0.25, 0.3) is 0 Å². The van der Waals surface area contributed by atoms with Gasteiger partial charge in [-0.15, -0.1) is 7.53 Å². The molecule has 3 aromatic rings. The van der Waals surface area contributed by atoms with Crippen LogP contribution in [-0.4, -0.2) is 15.5 Å². The van der Waals surface area contributed by atoms with E-state index in [4.69, 9.17) is 4.74 Å². The van der Waals surface area contributed by atoms with Crippen LogP contribution in [-0.2, 0) is 5.90 Å². The van der Waals surface area contributed by atoms with E-state index in [9.17, 15) is 0 Å². The molecule has 0 fully saturated rings. The van der Waals surface area contributed by atoms with Crippen LogP contribution in [0.2, 0.25) is 0 Å². The van der Waals surface area contributed by atoms with Crippen LogP contribution in [0.5, 0.6) is 5.75 Å².